The van der Waals surface area contributed by atoms with Gasteiger partial charge in [-0.1, -0.05) is 30.3 Å². The van der Waals surface area contributed by atoms with Crippen LogP contribution in [-0.4, -0.2) is 13.0 Å². The smallest absolute Gasteiger partial charge is 0.254 e. The first kappa shape index (κ1) is 21.0. The molecule has 7 heteroatoms. The SMILES string of the molecule is COC(C(=O)NCc1ccc(C#N)cc1)c1c(F)ccc(Nc2ccccc2)c1F. The summed E-state index contributed by atoms with van der Waals surface area (Å²) in [6.07, 6.45) is -1.47. The lowest BCUT2D eigenvalue weighted by Gasteiger charge is -2.19. The second-order valence-corrected chi connectivity index (χ2v) is 6.46. The summed E-state index contributed by atoms with van der Waals surface area (Å²) in [5.74, 6) is -2.47. The van der Waals surface area contributed by atoms with Crippen molar-refractivity contribution in [2.24, 2.45) is 0 Å². The van der Waals surface area contributed by atoms with Crippen LogP contribution in [0, 0.1) is 23.0 Å². The van der Waals surface area contributed by atoms with E-state index in [9.17, 15) is 9.18 Å². The number of carbonyl (C=O) groups is 1. The summed E-state index contributed by atoms with van der Waals surface area (Å²) in [5, 5.41) is 14.3. The van der Waals surface area contributed by atoms with Crippen LogP contribution in [0.15, 0.2) is 66.7 Å². The van der Waals surface area contributed by atoms with Gasteiger partial charge in [0, 0.05) is 19.3 Å². The third-order valence-corrected chi connectivity index (χ3v) is 4.47. The molecule has 0 saturated carbocycles. The Kier molecular flexibility index (Phi) is 6.73. The van der Waals surface area contributed by atoms with Crippen molar-refractivity contribution in [1.29, 1.82) is 5.26 Å². The average Bonchev–Trinajstić information content (AvgIpc) is 2.78. The minimum Gasteiger partial charge on any atom is -0.367 e. The number of amides is 1. The zero-order valence-electron chi connectivity index (χ0n) is 16.2. The highest BCUT2D eigenvalue weighted by Gasteiger charge is 2.28. The van der Waals surface area contributed by atoms with Crippen LogP contribution in [0.2, 0.25) is 0 Å². The molecule has 0 heterocycles. The van der Waals surface area contributed by atoms with Crippen LogP contribution in [0.1, 0.15) is 22.8 Å². The molecule has 0 aliphatic heterocycles. The number of methoxy groups -OCH3 is 1. The highest BCUT2D eigenvalue weighted by atomic mass is 19.1. The standard InChI is InChI=1S/C23H19F2N3O2/c1-30-22(23(29)27-14-16-9-7-15(13-26)8-10-16)20-18(24)11-12-19(21(20)25)28-17-5-3-2-4-6-17/h2-12,22,28H,14H2,1H3,(H,27,29). The van der Waals surface area contributed by atoms with Gasteiger partial charge < -0.3 is 15.4 Å². The van der Waals surface area contributed by atoms with E-state index in [2.05, 4.69) is 10.6 Å². The Morgan fingerprint density at radius 2 is 1.77 bits per heavy atom. The topological polar surface area (TPSA) is 74.1 Å². The van der Waals surface area contributed by atoms with Crippen LogP contribution in [0.3, 0.4) is 0 Å². The molecular weight excluding hydrogens is 388 g/mol. The zero-order chi connectivity index (χ0) is 21.5. The van der Waals surface area contributed by atoms with Gasteiger partial charge in [0.05, 0.1) is 22.9 Å². The van der Waals surface area contributed by atoms with Gasteiger partial charge in [-0.25, -0.2) is 8.78 Å². The van der Waals surface area contributed by atoms with Crippen molar-refractivity contribution >= 4 is 17.3 Å². The van der Waals surface area contributed by atoms with E-state index in [0.717, 1.165) is 11.6 Å². The van der Waals surface area contributed by atoms with Gasteiger partial charge in [-0.05, 0) is 42.0 Å². The van der Waals surface area contributed by atoms with Gasteiger partial charge in [0.25, 0.3) is 5.91 Å². The van der Waals surface area contributed by atoms with Crippen molar-refractivity contribution in [2.75, 3.05) is 12.4 Å². The molecule has 0 aromatic heterocycles. The number of ether oxygens (including phenoxy) is 1. The number of nitrogens with one attached hydrogen (secondary N) is 2. The van der Waals surface area contributed by atoms with E-state index in [1.807, 2.05) is 12.1 Å². The summed E-state index contributed by atoms with van der Waals surface area (Å²) in [5.41, 5.74) is 1.40. The molecule has 152 valence electrons. The molecule has 0 aliphatic rings. The van der Waals surface area contributed by atoms with Crippen molar-refractivity contribution in [1.82, 2.24) is 5.32 Å². The van der Waals surface area contributed by atoms with E-state index >= 15 is 4.39 Å². The van der Waals surface area contributed by atoms with Crippen molar-refractivity contribution in [3.63, 3.8) is 0 Å². The Bertz CT molecular complexity index is 1060. The maximum Gasteiger partial charge on any atom is 0.254 e. The van der Waals surface area contributed by atoms with Gasteiger partial charge in [-0.3, -0.25) is 4.79 Å². The van der Waals surface area contributed by atoms with E-state index < -0.39 is 29.2 Å². The molecule has 3 aromatic carbocycles. The first-order valence-electron chi connectivity index (χ1n) is 9.13. The molecule has 2 N–H and O–H groups in total. The predicted molar refractivity (Wildman–Crippen MR) is 109 cm³/mol. The molecule has 0 bridgehead atoms. The third kappa shape index (κ3) is 4.80. The fourth-order valence-corrected chi connectivity index (χ4v) is 2.92. The maximum absolute atomic E-state index is 15.1. The first-order chi connectivity index (χ1) is 14.5. The van der Waals surface area contributed by atoms with E-state index in [1.165, 1.54) is 13.2 Å². The number of halogens is 2. The average molecular weight is 407 g/mol. The minimum atomic E-state index is -1.47. The second kappa shape index (κ2) is 9.63. The van der Waals surface area contributed by atoms with Crippen molar-refractivity contribution in [3.8, 4) is 6.07 Å². The molecule has 1 amide bonds. The third-order valence-electron chi connectivity index (χ3n) is 4.47. The van der Waals surface area contributed by atoms with Gasteiger partial charge in [0.15, 0.2) is 11.9 Å². The highest BCUT2D eigenvalue weighted by molar-refractivity contribution is 5.83. The summed E-state index contributed by atoms with van der Waals surface area (Å²) in [6.45, 7) is 0.121. The highest BCUT2D eigenvalue weighted by Crippen LogP contribution is 2.30. The summed E-state index contributed by atoms with van der Waals surface area (Å²) >= 11 is 0. The van der Waals surface area contributed by atoms with E-state index in [-0.39, 0.29) is 12.2 Å². The number of rotatable bonds is 7. The first-order valence-corrected chi connectivity index (χ1v) is 9.13. The van der Waals surface area contributed by atoms with Gasteiger partial charge in [-0.15, -0.1) is 0 Å². The lowest BCUT2D eigenvalue weighted by atomic mass is 10.0. The van der Waals surface area contributed by atoms with Crippen LogP contribution in [0.5, 0.6) is 0 Å². The van der Waals surface area contributed by atoms with Crippen LogP contribution in [0.25, 0.3) is 0 Å². The maximum atomic E-state index is 15.1. The summed E-state index contributed by atoms with van der Waals surface area (Å²) in [6, 6.07) is 19.8. The molecule has 5 nitrogen and oxygen atoms in total. The summed E-state index contributed by atoms with van der Waals surface area (Å²) in [7, 11) is 1.21. The number of anilines is 2. The molecule has 3 aromatic rings. The van der Waals surface area contributed by atoms with Crippen molar-refractivity contribution in [2.45, 2.75) is 12.6 Å². The number of benzene rings is 3. The van der Waals surface area contributed by atoms with Crippen LogP contribution in [-0.2, 0) is 16.1 Å². The molecule has 0 saturated heterocycles. The second-order valence-electron chi connectivity index (χ2n) is 6.46. The Morgan fingerprint density at radius 3 is 2.40 bits per heavy atom. The molecule has 0 spiro atoms. The predicted octanol–water partition coefficient (Wildman–Crippen LogP) is 4.58. The van der Waals surface area contributed by atoms with Gasteiger partial charge in [-0.2, -0.15) is 5.26 Å². The van der Waals surface area contributed by atoms with Gasteiger partial charge in [0.1, 0.15) is 5.82 Å². The van der Waals surface area contributed by atoms with Crippen LogP contribution < -0.4 is 10.6 Å². The lowest BCUT2D eigenvalue weighted by Crippen LogP contribution is -2.31. The molecule has 0 radical (unpaired) electrons. The van der Waals surface area contributed by atoms with Crippen molar-refractivity contribution < 1.29 is 18.3 Å². The number of nitrogens with zero attached hydrogens (tertiary/aromatic N) is 1. The summed E-state index contributed by atoms with van der Waals surface area (Å²) in [4.78, 5) is 12.6. The number of carbonyl (C=O) groups excluding carboxylic acids is 1. The zero-order valence-corrected chi connectivity index (χ0v) is 16.2. The molecule has 0 fully saturated rings. The van der Waals surface area contributed by atoms with Gasteiger partial charge >= 0.3 is 0 Å². The van der Waals surface area contributed by atoms with Crippen LogP contribution in [0.4, 0.5) is 20.2 Å². The Morgan fingerprint density at radius 1 is 1.07 bits per heavy atom. The fraction of sp³-hybridized carbons (Fsp3) is 0.130. The summed E-state index contributed by atoms with van der Waals surface area (Å²) < 4.78 is 34.7. The van der Waals surface area contributed by atoms with E-state index in [0.29, 0.717) is 11.3 Å². The van der Waals surface area contributed by atoms with Crippen LogP contribution >= 0.6 is 0 Å². The molecular formula is C23H19F2N3O2. The molecule has 1 atom stereocenters. The Labute approximate surface area is 172 Å². The molecule has 0 aliphatic carbocycles. The lowest BCUT2D eigenvalue weighted by molar-refractivity contribution is -0.131. The Balaban J connectivity index is 1.79. The molecule has 3 rings (SSSR count). The quantitative estimate of drug-likeness (QED) is 0.601. The molecule has 1 unspecified atom stereocenters. The number of hydrogen-bond donors (Lipinski definition) is 2. The minimum absolute atomic E-state index is 0.0274. The number of para-hydroxylation sites is 1. The number of hydrogen-bond acceptors (Lipinski definition) is 4. The fourth-order valence-electron chi connectivity index (χ4n) is 2.92. The number of nitriles is 1. The Hall–Kier alpha value is -3.76. The van der Waals surface area contributed by atoms with Gasteiger partial charge in [0.2, 0.25) is 0 Å². The van der Waals surface area contributed by atoms with Crippen molar-refractivity contribution in [3.05, 3.63) is 95.1 Å². The molecule has 30 heavy (non-hydrogen) atoms. The van der Waals surface area contributed by atoms with E-state index in [1.54, 1.807) is 48.5 Å². The monoisotopic (exact) mass is 407 g/mol. The normalized spacial score (nSPS) is 11.4. The van der Waals surface area contributed by atoms with E-state index in [4.69, 9.17) is 10.00 Å². The largest absolute Gasteiger partial charge is 0.367 e.